The number of carbonyl (C=O) groups excluding carboxylic acids is 3. The molecule has 0 amide bonds. The number of hydrogen-bond acceptors (Lipinski definition) is 5. The van der Waals surface area contributed by atoms with E-state index in [0.29, 0.717) is 23.0 Å². The molecule has 0 radical (unpaired) electrons. The van der Waals surface area contributed by atoms with Crippen molar-refractivity contribution < 1.29 is 19.1 Å². The third kappa shape index (κ3) is 4.12. The maximum absolute atomic E-state index is 12.3. The average molecular weight is 399 g/mol. The molecule has 1 aromatic carbocycles. The highest BCUT2D eigenvalue weighted by atomic mass is 35.5. The first-order valence-electron chi connectivity index (χ1n) is 8.70. The normalized spacial score (nSPS) is 17.0. The minimum atomic E-state index is -1.47. The van der Waals surface area contributed by atoms with Gasteiger partial charge in [-0.15, -0.1) is 0 Å². The number of halogens is 1. The van der Waals surface area contributed by atoms with Gasteiger partial charge in [-0.1, -0.05) is 41.4 Å². The van der Waals surface area contributed by atoms with E-state index >= 15 is 0 Å². The summed E-state index contributed by atoms with van der Waals surface area (Å²) in [5.74, 6) is -3.39. The summed E-state index contributed by atoms with van der Waals surface area (Å²) in [6.45, 7) is 5.75. The van der Waals surface area contributed by atoms with Crippen molar-refractivity contribution in [1.82, 2.24) is 9.78 Å². The summed E-state index contributed by atoms with van der Waals surface area (Å²) in [7, 11) is 0. The molecule has 1 aliphatic rings. The lowest BCUT2D eigenvalue weighted by Crippen LogP contribution is -2.34. The van der Waals surface area contributed by atoms with E-state index in [0.717, 1.165) is 17.2 Å². The molecule has 2 heterocycles. The second-order valence-corrected chi connectivity index (χ2v) is 7.04. The zero-order valence-corrected chi connectivity index (χ0v) is 16.5. The lowest BCUT2D eigenvalue weighted by atomic mass is 9.96. The maximum Gasteiger partial charge on any atom is 0.329 e. The van der Waals surface area contributed by atoms with Gasteiger partial charge in [0.05, 0.1) is 12.2 Å². The van der Waals surface area contributed by atoms with Crippen LogP contribution in [0.4, 0.5) is 0 Å². The van der Waals surface area contributed by atoms with Crippen LogP contribution >= 0.6 is 11.6 Å². The second-order valence-electron chi connectivity index (χ2n) is 6.68. The van der Waals surface area contributed by atoms with Gasteiger partial charge in [-0.3, -0.25) is 14.4 Å². The molecule has 0 saturated heterocycles. The predicted octanol–water partition coefficient (Wildman–Crippen LogP) is 3.43. The second kappa shape index (κ2) is 7.94. The van der Waals surface area contributed by atoms with Crippen molar-refractivity contribution in [2.45, 2.75) is 27.3 Å². The van der Waals surface area contributed by atoms with Crippen LogP contribution in [0.3, 0.4) is 0 Å². The van der Waals surface area contributed by atoms with E-state index in [-0.39, 0.29) is 5.76 Å². The van der Waals surface area contributed by atoms with Gasteiger partial charge in [0.1, 0.15) is 10.9 Å². The number of aromatic nitrogens is 2. The van der Waals surface area contributed by atoms with Crippen LogP contribution in [0.1, 0.15) is 29.3 Å². The summed E-state index contributed by atoms with van der Waals surface area (Å²) in [6, 6.07) is 8.01. The Balaban J connectivity index is 1.80. The van der Waals surface area contributed by atoms with Gasteiger partial charge in [0.15, 0.2) is 17.5 Å². The number of esters is 1. The van der Waals surface area contributed by atoms with Gasteiger partial charge in [-0.2, -0.15) is 5.10 Å². The van der Waals surface area contributed by atoms with Crippen molar-refractivity contribution in [2.75, 3.05) is 0 Å². The fraction of sp³-hybridized carbons (Fsp3) is 0.238. The van der Waals surface area contributed by atoms with Crippen LogP contribution in [0.15, 0.2) is 42.2 Å². The minimum Gasteiger partial charge on any atom is -0.430 e. The Hall–Kier alpha value is -2.99. The number of allylic oxidation sites excluding steroid dienone is 3. The fourth-order valence-electron chi connectivity index (χ4n) is 2.89. The highest BCUT2D eigenvalue weighted by molar-refractivity contribution is 6.31. The van der Waals surface area contributed by atoms with E-state index in [2.05, 4.69) is 5.10 Å². The smallest absolute Gasteiger partial charge is 0.329 e. The minimum absolute atomic E-state index is 0.180. The molecular formula is C21H19ClN2O4. The van der Waals surface area contributed by atoms with Crippen molar-refractivity contribution in [3.63, 3.8) is 0 Å². The van der Waals surface area contributed by atoms with E-state index in [1.165, 1.54) is 19.1 Å². The highest BCUT2D eigenvalue weighted by Crippen LogP contribution is 2.23. The van der Waals surface area contributed by atoms with Gasteiger partial charge in [0, 0.05) is 11.6 Å². The molecule has 1 unspecified atom stereocenters. The van der Waals surface area contributed by atoms with E-state index in [9.17, 15) is 14.4 Å². The largest absolute Gasteiger partial charge is 0.430 e. The topological polar surface area (TPSA) is 78.3 Å². The molecule has 0 N–H and O–H groups in total. The molecule has 28 heavy (non-hydrogen) atoms. The molecule has 2 aromatic rings. The van der Waals surface area contributed by atoms with Crippen LogP contribution in [0.25, 0.3) is 6.08 Å². The van der Waals surface area contributed by atoms with Crippen molar-refractivity contribution in [2.24, 2.45) is 5.92 Å². The van der Waals surface area contributed by atoms with Crippen LogP contribution in [0, 0.1) is 19.8 Å². The Kier molecular flexibility index (Phi) is 5.61. The molecule has 1 aliphatic heterocycles. The third-order valence-electron chi connectivity index (χ3n) is 4.39. The Labute approximate surface area is 167 Å². The summed E-state index contributed by atoms with van der Waals surface area (Å²) in [4.78, 5) is 36.2. The number of cyclic esters (lactones) is 1. The number of aryl methyl sites for hydroxylation is 2. The Morgan fingerprint density at radius 1 is 1.21 bits per heavy atom. The molecule has 1 aromatic heterocycles. The maximum atomic E-state index is 12.3. The summed E-state index contributed by atoms with van der Waals surface area (Å²) in [5, 5.41) is 4.78. The Morgan fingerprint density at radius 2 is 1.89 bits per heavy atom. The number of carbonyl (C=O) groups is 3. The fourth-order valence-corrected chi connectivity index (χ4v) is 3.19. The lowest BCUT2D eigenvalue weighted by Gasteiger charge is -2.15. The Morgan fingerprint density at radius 3 is 2.54 bits per heavy atom. The molecule has 0 fully saturated rings. The monoisotopic (exact) mass is 398 g/mol. The number of hydrogen-bond donors (Lipinski definition) is 0. The predicted molar refractivity (Wildman–Crippen MR) is 105 cm³/mol. The number of benzene rings is 1. The van der Waals surface area contributed by atoms with E-state index < -0.39 is 23.5 Å². The van der Waals surface area contributed by atoms with Gasteiger partial charge in [0.25, 0.3) is 0 Å². The van der Waals surface area contributed by atoms with E-state index in [4.69, 9.17) is 16.3 Å². The molecule has 0 saturated carbocycles. The summed E-state index contributed by atoms with van der Waals surface area (Å²) in [6.07, 6.45) is 3.80. The first-order chi connectivity index (χ1) is 13.3. The summed E-state index contributed by atoms with van der Waals surface area (Å²) in [5.41, 5.74) is 3.40. The van der Waals surface area contributed by atoms with E-state index in [1.54, 1.807) is 11.6 Å². The number of ketones is 2. The SMILES string of the molecule is CC1=CC(=O)C(C(=O)/C=C/c2c(C)nn(Cc3ccc(C)cc3)c2Cl)C(=O)O1. The molecule has 0 aliphatic carbocycles. The van der Waals surface area contributed by atoms with Gasteiger partial charge in [0.2, 0.25) is 0 Å². The van der Waals surface area contributed by atoms with Crippen molar-refractivity contribution in [3.05, 3.63) is 69.7 Å². The van der Waals surface area contributed by atoms with Gasteiger partial charge in [-0.25, -0.2) is 4.68 Å². The number of ether oxygens (including phenoxy) is 1. The van der Waals surface area contributed by atoms with Crippen molar-refractivity contribution >= 4 is 35.2 Å². The molecule has 3 rings (SSSR count). The zero-order chi connectivity index (χ0) is 20.4. The molecule has 0 spiro atoms. The average Bonchev–Trinajstić information content (AvgIpc) is 2.87. The van der Waals surface area contributed by atoms with Crippen LogP contribution in [-0.2, 0) is 25.7 Å². The molecule has 0 bridgehead atoms. The lowest BCUT2D eigenvalue weighted by molar-refractivity contribution is -0.151. The highest BCUT2D eigenvalue weighted by Gasteiger charge is 2.36. The number of nitrogens with zero attached hydrogens (tertiary/aromatic N) is 2. The number of rotatable bonds is 5. The molecule has 7 heteroatoms. The summed E-state index contributed by atoms with van der Waals surface area (Å²) >= 11 is 6.43. The summed E-state index contributed by atoms with van der Waals surface area (Å²) < 4.78 is 6.51. The third-order valence-corrected chi connectivity index (χ3v) is 4.79. The van der Waals surface area contributed by atoms with Crippen LogP contribution in [0.5, 0.6) is 0 Å². The van der Waals surface area contributed by atoms with E-state index in [1.807, 2.05) is 31.2 Å². The molecular weight excluding hydrogens is 380 g/mol. The van der Waals surface area contributed by atoms with Gasteiger partial charge < -0.3 is 4.74 Å². The quantitative estimate of drug-likeness (QED) is 0.438. The molecule has 6 nitrogen and oxygen atoms in total. The molecule has 144 valence electrons. The standard InChI is InChI=1S/C21H19ClN2O4/c1-12-4-6-15(7-5-12)11-24-20(22)16(14(3)23-24)8-9-17(25)19-18(26)10-13(2)28-21(19)27/h4-10,19H,11H2,1-3H3/b9-8+. The van der Waals surface area contributed by atoms with Crippen molar-refractivity contribution in [1.29, 1.82) is 0 Å². The van der Waals surface area contributed by atoms with Gasteiger partial charge in [-0.05, 0) is 38.5 Å². The Bertz CT molecular complexity index is 1020. The van der Waals surface area contributed by atoms with Crippen LogP contribution in [0.2, 0.25) is 5.15 Å². The first kappa shape index (κ1) is 19.8. The zero-order valence-electron chi connectivity index (χ0n) is 15.7. The molecule has 1 atom stereocenters. The van der Waals surface area contributed by atoms with Crippen LogP contribution in [-0.4, -0.2) is 27.3 Å². The van der Waals surface area contributed by atoms with Crippen LogP contribution < -0.4 is 0 Å². The first-order valence-corrected chi connectivity index (χ1v) is 9.08. The van der Waals surface area contributed by atoms with Gasteiger partial charge >= 0.3 is 5.97 Å². The van der Waals surface area contributed by atoms with Crippen molar-refractivity contribution in [3.8, 4) is 0 Å².